The molecular formula is C13H15BrClNO4S. The Bertz CT molecular complexity index is 677. The van der Waals surface area contributed by atoms with E-state index in [0.717, 1.165) is 6.42 Å². The highest BCUT2D eigenvalue weighted by Gasteiger charge is 2.29. The zero-order valence-electron chi connectivity index (χ0n) is 11.6. The molecule has 1 fully saturated rings. The molecule has 5 nitrogen and oxygen atoms in total. The van der Waals surface area contributed by atoms with Gasteiger partial charge >= 0.3 is 0 Å². The molecule has 1 heterocycles. The highest BCUT2D eigenvalue weighted by atomic mass is 79.9. The normalized spacial score (nSPS) is 19.0. The number of hydrogen-bond acceptors (Lipinski definition) is 4. The van der Waals surface area contributed by atoms with Gasteiger partial charge in [-0.05, 0) is 31.0 Å². The first-order valence-corrected chi connectivity index (χ1v) is 9.41. The molecular weight excluding hydrogens is 382 g/mol. The summed E-state index contributed by atoms with van der Waals surface area (Å²) in [6, 6.07) is 2.72. The van der Waals surface area contributed by atoms with E-state index in [1.165, 1.54) is 12.1 Å². The number of likely N-dealkylation sites (tertiary alicyclic amines) is 1. The maximum absolute atomic E-state index is 12.6. The van der Waals surface area contributed by atoms with Gasteiger partial charge in [-0.1, -0.05) is 15.9 Å². The molecule has 0 aliphatic carbocycles. The molecule has 1 aromatic carbocycles. The van der Waals surface area contributed by atoms with Gasteiger partial charge in [0.05, 0.1) is 11.0 Å². The summed E-state index contributed by atoms with van der Waals surface area (Å²) in [4.78, 5) is 14.1. The second-order valence-electron chi connectivity index (χ2n) is 4.91. The van der Waals surface area contributed by atoms with Gasteiger partial charge in [0.2, 0.25) is 0 Å². The van der Waals surface area contributed by atoms with Crippen LogP contribution in [0.15, 0.2) is 21.5 Å². The Kier molecular flexibility index (Phi) is 4.97. The summed E-state index contributed by atoms with van der Waals surface area (Å²) in [5, 5.41) is 0. The Labute approximate surface area is 136 Å². The molecule has 1 saturated heterocycles. The minimum absolute atomic E-state index is 0.0256. The number of hydrogen-bond donors (Lipinski definition) is 0. The first-order valence-electron chi connectivity index (χ1n) is 6.31. The Hall–Kier alpha value is -0.630. The van der Waals surface area contributed by atoms with E-state index in [2.05, 4.69) is 15.9 Å². The maximum atomic E-state index is 12.6. The molecule has 1 atom stereocenters. The van der Waals surface area contributed by atoms with Crippen LogP contribution in [-0.4, -0.2) is 45.5 Å². The van der Waals surface area contributed by atoms with Crippen molar-refractivity contribution in [3.8, 4) is 0 Å². The summed E-state index contributed by atoms with van der Waals surface area (Å²) < 4.78 is 28.8. The fourth-order valence-electron chi connectivity index (χ4n) is 2.29. The summed E-state index contributed by atoms with van der Waals surface area (Å²) in [6.45, 7) is 2.85. The third kappa shape index (κ3) is 3.59. The quantitative estimate of drug-likeness (QED) is 0.737. The summed E-state index contributed by atoms with van der Waals surface area (Å²) in [7, 11) is 3.09. The molecule has 8 heteroatoms. The van der Waals surface area contributed by atoms with E-state index in [4.69, 9.17) is 15.4 Å². The van der Waals surface area contributed by atoms with Crippen LogP contribution >= 0.6 is 26.6 Å². The number of amides is 1. The van der Waals surface area contributed by atoms with Crippen molar-refractivity contribution in [2.75, 3.05) is 20.2 Å². The van der Waals surface area contributed by atoms with Gasteiger partial charge in [0.15, 0.2) is 0 Å². The molecule has 0 aromatic heterocycles. The number of nitrogens with zero attached hydrogens (tertiary/aromatic N) is 1. The lowest BCUT2D eigenvalue weighted by atomic mass is 10.1. The van der Waals surface area contributed by atoms with Crippen molar-refractivity contribution in [2.24, 2.45) is 0 Å². The highest BCUT2D eigenvalue weighted by Crippen LogP contribution is 2.28. The van der Waals surface area contributed by atoms with Gasteiger partial charge in [-0.2, -0.15) is 0 Å². The van der Waals surface area contributed by atoms with Crippen LogP contribution in [-0.2, 0) is 13.8 Å². The molecule has 116 valence electrons. The Morgan fingerprint density at radius 3 is 2.67 bits per heavy atom. The summed E-state index contributed by atoms with van der Waals surface area (Å²) in [5.41, 5.74) is 1.02. The van der Waals surface area contributed by atoms with Crippen LogP contribution in [0.4, 0.5) is 0 Å². The summed E-state index contributed by atoms with van der Waals surface area (Å²) in [6.07, 6.45) is 0.799. The maximum Gasteiger partial charge on any atom is 0.261 e. The average Bonchev–Trinajstić information content (AvgIpc) is 2.88. The van der Waals surface area contributed by atoms with E-state index in [9.17, 15) is 13.2 Å². The minimum atomic E-state index is -3.89. The third-order valence-corrected chi connectivity index (χ3v) is 5.75. The molecule has 1 aliphatic rings. The second-order valence-corrected chi connectivity index (χ2v) is 8.33. The lowest BCUT2D eigenvalue weighted by molar-refractivity contribution is 0.0723. The van der Waals surface area contributed by atoms with Crippen LogP contribution < -0.4 is 0 Å². The number of rotatable bonds is 3. The molecule has 0 saturated carbocycles. The monoisotopic (exact) mass is 395 g/mol. The van der Waals surface area contributed by atoms with Crippen molar-refractivity contribution in [2.45, 2.75) is 24.3 Å². The molecule has 21 heavy (non-hydrogen) atoms. The van der Waals surface area contributed by atoms with Crippen LogP contribution in [0.3, 0.4) is 0 Å². The minimum Gasteiger partial charge on any atom is -0.380 e. The van der Waals surface area contributed by atoms with Crippen LogP contribution in [0.1, 0.15) is 22.3 Å². The van der Waals surface area contributed by atoms with E-state index in [1.54, 1.807) is 18.9 Å². The van der Waals surface area contributed by atoms with Gasteiger partial charge in [0.1, 0.15) is 0 Å². The molecule has 2 rings (SSSR count). The van der Waals surface area contributed by atoms with Gasteiger partial charge in [0.25, 0.3) is 15.0 Å². The molecule has 0 N–H and O–H groups in total. The fraction of sp³-hybridized carbons (Fsp3) is 0.462. The standard InChI is InChI=1S/C13H15BrClNO4S/c1-8-11(5-10(6-12(8)14)21(15,18)19)13(17)16-4-3-9(7-16)20-2/h5-6,9H,3-4,7H2,1-2H3. The highest BCUT2D eigenvalue weighted by molar-refractivity contribution is 9.10. The lowest BCUT2D eigenvalue weighted by Crippen LogP contribution is -2.30. The van der Waals surface area contributed by atoms with Crippen LogP contribution in [0.5, 0.6) is 0 Å². The number of benzene rings is 1. The van der Waals surface area contributed by atoms with Crippen molar-refractivity contribution in [1.82, 2.24) is 4.90 Å². The smallest absolute Gasteiger partial charge is 0.261 e. The second kappa shape index (κ2) is 6.24. The van der Waals surface area contributed by atoms with Crippen molar-refractivity contribution in [1.29, 1.82) is 0 Å². The summed E-state index contributed by atoms with van der Waals surface area (Å²) in [5.74, 6) is -0.213. The molecule has 1 amide bonds. The third-order valence-electron chi connectivity index (χ3n) is 3.60. The van der Waals surface area contributed by atoms with Crippen molar-refractivity contribution >= 4 is 41.6 Å². The van der Waals surface area contributed by atoms with E-state index < -0.39 is 9.05 Å². The number of carbonyl (C=O) groups excluding carboxylic acids is 1. The largest absolute Gasteiger partial charge is 0.380 e. The zero-order valence-corrected chi connectivity index (χ0v) is 14.8. The molecule has 0 radical (unpaired) electrons. The lowest BCUT2D eigenvalue weighted by Gasteiger charge is -2.18. The van der Waals surface area contributed by atoms with E-state index in [0.29, 0.717) is 28.7 Å². The predicted molar refractivity (Wildman–Crippen MR) is 83.2 cm³/mol. The molecule has 1 aromatic rings. The van der Waals surface area contributed by atoms with E-state index >= 15 is 0 Å². The Balaban J connectivity index is 2.39. The van der Waals surface area contributed by atoms with Crippen LogP contribution in [0.2, 0.25) is 0 Å². The first kappa shape index (κ1) is 16.7. The average molecular weight is 397 g/mol. The van der Waals surface area contributed by atoms with Crippen LogP contribution in [0.25, 0.3) is 0 Å². The molecule has 1 unspecified atom stereocenters. The van der Waals surface area contributed by atoms with Gasteiger partial charge in [-0.15, -0.1) is 0 Å². The fourth-order valence-corrected chi connectivity index (χ4v) is 3.69. The number of methoxy groups -OCH3 is 1. The number of halogens is 2. The van der Waals surface area contributed by atoms with Gasteiger partial charge in [0, 0.05) is 40.9 Å². The summed E-state index contributed by atoms with van der Waals surface area (Å²) >= 11 is 3.27. The topological polar surface area (TPSA) is 63.7 Å². The van der Waals surface area contributed by atoms with Gasteiger partial charge < -0.3 is 9.64 Å². The van der Waals surface area contributed by atoms with Gasteiger partial charge in [-0.3, -0.25) is 4.79 Å². The van der Waals surface area contributed by atoms with Crippen LogP contribution in [0, 0.1) is 6.92 Å². The zero-order chi connectivity index (χ0) is 15.8. The van der Waals surface area contributed by atoms with Gasteiger partial charge in [-0.25, -0.2) is 8.42 Å². The van der Waals surface area contributed by atoms with Crippen molar-refractivity contribution in [3.05, 3.63) is 27.7 Å². The molecule has 0 spiro atoms. The van der Waals surface area contributed by atoms with E-state index in [1.807, 2.05) is 0 Å². The Morgan fingerprint density at radius 1 is 1.48 bits per heavy atom. The number of carbonyl (C=O) groups is 1. The first-order chi connectivity index (χ1) is 9.74. The van der Waals surface area contributed by atoms with Crippen molar-refractivity contribution < 1.29 is 17.9 Å². The van der Waals surface area contributed by atoms with Crippen molar-refractivity contribution in [3.63, 3.8) is 0 Å². The molecule has 0 bridgehead atoms. The van der Waals surface area contributed by atoms with E-state index in [-0.39, 0.29) is 16.9 Å². The molecule has 1 aliphatic heterocycles. The SMILES string of the molecule is COC1CCN(C(=O)c2cc(S(=O)(=O)Cl)cc(Br)c2C)C1. The Morgan fingerprint density at radius 2 is 2.14 bits per heavy atom. The number of ether oxygens (including phenoxy) is 1. The predicted octanol–water partition coefficient (Wildman–Crippen LogP) is 2.55.